The van der Waals surface area contributed by atoms with E-state index >= 15 is 0 Å². The predicted octanol–water partition coefficient (Wildman–Crippen LogP) is 3.27. The number of para-hydroxylation sites is 1. The maximum atomic E-state index is 4.73. The van der Waals surface area contributed by atoms with Crippen LogP contribution in [0.3, 0.4) is 0 Å². The van der Waals surface area contributed by atoms with E-state index in [1.807, 2.05) is 12.3 Å². The average molecular weight is 325 g/mol. The van der Waals surface area contributed by atoms with Crippen LogP contribution < -0.4 is 10.2 Å². The molecular formula is C19H27N5. The first-order valence-corrected chi connectivity index (χ1v) is 8.56. The van der Waals surface area contributed by atoms with Gasteiger partial charge in [-0.1, -0.05) is 39.0 Å². The zero-order valence-corrected chi connectivity index (χ0v) is 15.1. The van der Waals surface area contributed by atoms with Crippen LogP contribution in [0.25, 0.3) is 0 Å². The Balaban J connectivity index is 1.81. The summed E-state index contributed by atoms with van der Waals surface area (Å²) in [5.74, 6) is 1.65. The third kappa shape index (κ3) is 3.85. The zero-order valence-electron chi connectivity index (χ0n) is 15.1. The van der Waals surface area contributed by atoms with Crippen LogP contribution in [0, 0.1) is 0 Å². The Kier molecular flexibility index (Phi) is 4.71. The maximum Gasteiger partial charge on any atom is 0.227 e. The SMILES string of the molecule is CN1CCN(c2nccc(Nc3ccccc3C(C)(C)C)n2)CC1. The molecule has 0 saturated carbocycles. The predicted molar refractivity (Wildman–Crippen MR) is 100 cm³/mol. The fraction of sp³-hybridized carbons (Fsp3) is 0.474. The zero-order chi connectivity index (χ0) is 17.2. The second-order valence-electron chi connectivity index (χ2n) is 7.45. The number of nitrogens with zero attached hydrogens (tertiary/aromatic N) is 4. The minimum atomic E-state index is 0.0803. The van der Waals surface area contributed by atoms with Crippen molar-refractivity contribution in [2.24, 2.45) is 0 Å². The molecule has 0 amide bonds. The molecule has 3 rings (SSSR count). The van der Waals surface area contributed by atoms with Gasteiger partial charge in [-0.3, -0.25) is 0 Å². The number of hydrogen-bond donors (Lipinski definition) is 1. The van der Waals surface area contributed by atoms with E-state index in [0.717, 1.165) is 43.6 Å². The Morgan fingerprint density at radius 1 is 1.00 bits per heavy atom. The molecule has 1 aromatic heterocycles. The van der Waals surface area contributed by atoms with E-state index in [1.54, 1.807) is 0 Å². The smallest absolute Gasteiger partial charge is 0.227 e. The van der Waals surface area contributed by atoms with Crippen molar-refractivity contribution >= 4 is 17.5 Å². The van der Waals surface area contributed by atoms with Gasteiger partial charge in [0, 0.05) is 38.1 Å². The van der Waals surface area contributed by atoms with Crippen molar-refractivity contribution in [2.75, 3.05) is 43.4 Å². The van der Waals surface area contributed by atoms with Crippen molar-refractivity contribution in [3.8, 4) is 0 Å². The number of benzene rings is 1. The summed E-state index contributed by atoms with van der Waals surface area (Å²) in [6.45, 7) is 10.7. The van der Waals surface area contributed by atoms with Gasteiger partial charge in [0.25, 0.3) is 0 Å². The summed E-state index contributed by atoms with van der Waals surface area (Å²) in [7, 11) is 2.15. The van der Waals surface area contributed by atoms with Gasteiger partial charge in [-0.15, -0.1) is 0 Å². The van der Waals surface area contributed by atoms with Crippen LogP contribution in [-0.4, -0.2) is 48.1 Å². The third-order valence-corrected chi connectivity index (χ3v) is 4.43. The van der Waals surface area contributed by atoms with E-state index in [0.29, 0.717) is 0 Å². The second kappa shape index (κ2) is 6.77. The average Bonchev–Trinajstić information content (AvgIpc) is 2.55. The lowest BCUT2D eigenvalue weighted by molar-refractivity contribution is 0.311. The highest BCUT2D eigenvalue weighted by molar-refractivity contribution is 5.62. The summed E-state index contributed by atoms with van der Waals surface area (Å²) in [5, 5.41) is 3.48. The molecule has 2 heterocycles. The molecule has 1 aromatic carbocycles. The van der Waals surface area contributed by atoms with Gasteiger partial charge in [0.2, 0.25) is 5.95 Å². The molecule has 1 aliphatic heterocycles. The van der Waals surface area contributed by atoms with Crippen LogP contribution >= 0.6 is 0 Å². The van der Waals surface area contributed by atoms with Gasteiger partial charge in [-0.05, 0) is 30.2 Å². The first-order valence-electron chi connectivity index (χ1n) is 8.56. The molecule has 1 N–H and O–H groups in total. The molecule has 0 atom stereocenters. The minimum Gasteiger partial charge on any atom is -0.340 e. The summed E-state index contributed by atoms with van der Waals surface area (Å²) in [4.78, 5) is 13.8. The normalized spacial score (nSPS) is 16.2. The standard InChI is InChI=1S/C19H27N5/c1-19(2,3)15-7-5-6-8-16(15)21-17-9-10-20-18(22-17)24-13-11-23(4)12-14-24/h5-10H,11-14H2,1-4H3,(H,20,21,22). The number of rotatable bonds is 3. The fourth-order valence-electron chi connectivity index (χ4n) is 2.96. The van der Waals surface area contributed by atoms with Crippen LogP contribution in [0.15, 0.2) is 36.5 Å². The molecule has 0 unspecified atom stereocenters. The van der Waals surface area contributed by atoms with Crippen LogP contribution in [0.4, 0.5) is 17.5 Å². The topological polar surface area (TPSA) is 44.3 Å². The molecule has 24 heavy (non-hydrogen) atoms. The first-order chi connectivity index (χ1) is 11.4. The van der Waals surface area contributed by atoms with E-state index in [-0.39, 0.29) is 5.41 Å². The van der Waals surface area contributed by atoms with E-state index in [2.05, 4.69) is 72.2 Å². The van der Waals surface area contributed by atoms with E-state index in [1.165, 1.54) is 5.56 Å². The molecule has 0 aliphatic carbocycles. The van der Waals surface area contributed by atoms with Crippen molar-refractivity contribution in [3.63, 3.8) is 0 Å². The van der Waals surface area contributed by atoms with Crippen molar-refractivity contribution in [3.05, 3.63) is 42.1 Å². The first kappa shape index (κ1) is 16.7. The molecule has 1 saturated heterocycles. The van der Waals surface area contributed by atoms with Crippen LogP contribution in [0.1, 0.15) is 26.3 Å². The summed E-state index contributed by atoms with van der Waals surface area (Å²) < 4.78 is 0. The number of likely N-dealkylation sites (N-methyl/N-ethyl adjacent to an activating group) is 1. The van der Waals surface area contributed by atoms with Crippen molar-refractivity contribution < 1.29 is 0 Å². The molecule has 0 spiro atoms. The van der Waals surface area contributed by atoms with Crippen LogP contribution in [0.5, 0.6) is 0 Å². The monoisotopic (exact) mass is 325 g/mol. The molecule has 5 nitrogen and oxygen atoms in total. The Bertz CT molecular complexity index is 684. The van der Waals surface area contributed by atoms with Gasteiger partial charge in [-0.25, -0.2) is 4.98 Å². The number of nitrogens with one attached hydrogen (secondary N) is 1. The molecular weight excluding hydrogens is 298 g/mol. The highest BCUT2D eigenvalue weighted by atomic mass is 15.3. The number of piperazine rings is 1. The van der Waals surface area contributed by atoms with E-state index in [9.17, 15) is 0 Å². The van der Waals surface area contributed by atoms with Gasteiger partial charge >= 0.3 is 0 Å². The summed E-state index contributed by atoms with van der Waals surface area (Å²) in [6.07, 6.45) is 1.84. The summed E-state index contributed by atoms with van der Waals surface area (Å²) in [6, 6.07) is 10.4. The quantitative estimate of drug-likeness (QED) is 0.938. The highest BCUT2D eigenvalue weighted by Gasteiger charge is 2.19. The largest absolute Gasteiger partial charge is 0.340 e. The second-order valence-corrected chi connectivity index (χ2v) is 7.45. The molecule has 0 bridgehead atoms. The Hall–Kier alpha value is -2.14. The molecule has 1 aliphatic rings. The van der Waals surface area contributed by atoms with Gasteiger partial charge < -0.3 is 15.1 Å². The molecule has 5 heteroatoms. The number of hydrogen-bond acceptors (Lipinski definition) is 5. The van der Waals surface area contributed by atoms with E-state index < -0.39 is 0 Å². The van der Waals surface area contributed by atoms with Crippen molar-refractivity contribution in [1.82, 2.24) is 14.9 Å². The van der Waals surface area contributed by atoms with Crippen molar-refractivity contribution in [2.45, 2.75) is 26.2 Å². The Labute approximate surface area is 144 Å². The lowest BCUT2D eigenvalue weighted by atomic mass is 9.86. The van der Waals surface area contributed by atoms with E-state index in [4.69, 9.17) is 4.98 Å². The molecule has 1 fully saturated rings. The Morgan fingerprint density at radius 3 is 2.42 bits per heavy atom. The van der Waals surface area contributed by atoms with Crippen molar-refractivity contribution in [1.29, 1.82) is 0 Å². The lowest BCUT2D eigenvalue weighted by Gasteiger charge is -2.32. The van der Waals surface area contributed by atoms with Gasteiger partial charge in [-0.2, -0.15) is 4.98 Å². The molecule has 128 valence electrons. The fourth-order valence-corrected chi connectivity index (χ4v) is 2.96. The summed E-state index contributed by atoms with van der Waals surface area (Å²) >= 11 is 0. The van der Waals surface area contributed by atoms with Crippen LogP contribution in [0.2, 0.25) is 0 Å². The summed E-state index contributed by atoms with van der Waals surface area (Å²) in [5.41, 5.74) is 2.47. The molecule has 2 aromatic rings. The number of aromatic nitrogens is 2. The lowest BCUT2D eigenvalue weighted by Crippen LogP contribution is -2.45. The maximum absolute atomic E-state index is 4.73. The number of anilines is 3. The highest BCUT2D eigenvalue weighted by Crippen LogP contribution is 2.31. The third-order valence-electron chi connectivity index (χ3n) is 4.43. The minimum absolute atomic E-state index is 0.0803. The van der Waals surface area contributed by atoms with Gasteiger partial charge in [0.15, 0.2) is 0 Å². The van der Waals surface area contributed by atoms with Gasteiger partial charge in [0.1, 0.15) is 5.82 Å². The Morgan fingerprint density at radius 2 is 1.71 bits per heavy atom. The van der Waals surface area contributed by atoms with Gasteiger partial charge in [0.05, 0.1) is 0 Å². The van der Waals surface area contributed by atoms with Crippen LogP contribution in [-0.2, 0) is 5.41 Å². The molecule has 0 radical (unpaired) electrons.